The van der Waals surface area contributed by atoms with Crippen LogP contribution in [0.1, 0.15) is 34.1 Å². The van der Waals surface area contributed by atoms with E-state index >= 15 is 0 Å². The molecule has 118 valence electrons. The monoisotopic (exact) mass is 315 g/mol. The van der Waals surface area contributed by atoms with Crippen LogP contribution in [-0.2, 0) is 20.5 Å². The minimum Gasteiger partial charge on any atom is -0.463 e. The number of halogens is 3. The summed E-state index contributed by atoms with van der Waals surface area (Å²) in [7, 11) is -1.85. The van der Waals surface area contributed by atoms with Crippen LogP contribution in [0, 0.1) is 0 Å². The fourth-order valence-corrected chi connectivity index (χ4v) is 1.89. The largest absolute Gasteiger partial charge is 0.463 e. The molecule has 1 N–H and O–H groups in total. The highest BCUT2D eigenvalue weighted by Gasteiger charge is 2.41. The molecule has 8 heteroatoms. The van der Waals surface area contributed by atoms with E-state index in [0.717, 1.165) is 12.2 Å². The van der Waals surface area contributed by atoms with Crippen molar-refractivity contribution in [3.05, 3.63) is 12.2 Å². The third kappa shape index (κ3) is 7.64. The summed E-state index contributed by atoms with van der Waals surface area (Å²) in [5.74, 6) is -0.703. The van der Waals surface area contributed by atoms with Crippen molar-refractivity contribution in [1.29, 1.82) is 0 Å². The number of ether oxygens (including phenoxy) is 1. The van der Waals surface area contributed by atoms with E-state index in [4.69, 9.17) is 0 Å². The molecule has 4 nitrogen and oxygen atoms in total. The van der Waals surface area contributed by atoms with E-state index in [1.54, 1.807) is 27.7 Å². The minimum atomic E-state index is -4.56. The first kappa shape index (κ1) is 19.1. The van der Waals surface area contributed by atoms with Crippen molar-refractivity contribution in [1.82, 2.24) is 4.72 Å². The Kier molecular flexibility index (Phi) is 7.43. The molecule has 0 fully saturated rings. The van der Waals surface area contributed by atoms with Crippen LogP contribution in [0.25, 0.3) is 0 Å². The molecule has 0 amide bonds. The number of hydrogen-bond donors (Lipinski definition) is 1. The van der Waals surface area contributed by atoms with Crippen molar-refractivity contribution in [2.75, 3.05) is 6.61 Å². The van der Waals surface area contributed by atoms with Crippen LogP contribution in [0.4, 0.5) is 13.2 Å². The summed E-state index contributed by atoms with van der Waals surface area (Å²) >= 11 is 0. The lowest BCUT2D eigenvalue weighted by Gasteiger charge is -2.25. The number of nitrogens with one attached hydrogen (secondary N) is 1. The van der Waals surface area contributed by atoms with Gasteiger partial charge >= 0.3 is 12.1 Å². The zero-order chi connectivity index (χ0) is 16.0. The van der Waals surface area contributed by atoms with E-state index in [-0.39, 0.29) is 6.61 Å². The van der Waals surface area contributed by atoms with Gasteiger partial charge in [-0.1, -0.05) is 6.08 Å². The topological polar surface area (TPSA) is 55.4 Å². The molecular weight excluding hydrogens is 295 g/mol. The van der Waals surface area contributed by atoms with Crippen molar-refractivity contribution in [3.8, 4) is 0 Å². The molecule has 0 rings (SSSR count). The summed E-state index contributed by atoms with van der Waals surface area (Å²) in [5.41, 5.74) is 0. The smallest absolute Gasteiger partial charge is 0.405 e. The lowest BCUT2D eigenvalue weighted by atomic mass is 10.2. The molecule has 0 aromatic carbocycles. The summed E-state index contributed by atoms with van der Waals surface area (Å²) in [6.45, 7) is 6.45. The van der Waals surface area contributed by atoms with Gasteiger partial charge < -0.3 is 4.74 Å². The number of rotatable bonds is 6. The quantitative estimate of drug-likeness (QED) is 0.605. The Bertz CT molecular complexity index is 375. The molecule has 0 bridgehead atoms. The molecule has 2 unspecified atom stereocenters. The van der Waals surface area contributed by atoms with Gasteiger partial charge in [-0.25, -0.2) is 13.7 Å². The first-order valence-electron chi connectivity index (χ1n) is 6.06. The maximum atomic E-state index is 12.8. The number of hydrogen-bond acceptors (Lipinski definition) is 3. The number of carbonyl (C=O) groups excluding carboxylic acids is 1. The van der Waals surface area contributed by atoms with Crippen molar-refractivity contribution < 1.29 is 26.9 Å². The van der Waals surface area contributed by atoms with E-state index in [1.807, 2.05) is 4.72 Å². The van der Waals surface area contributed by atoms with Gasteiger partial charge in [-0.15, -0.1) is 0 Å². The van der Waals surface area contributed by atoms with Crippen LogP contribution in [-0.4, -0.2) is 33.8 Å². The van der Waals surface area contributed by atoms with Crippen molar-refractivity contribution >= 4 is 17.0 Å². The van der Waals surface area contributed by atoms with Gasteiger partial charge in [0, 0.05) is 6.08 Å². The van der Waals surface area contributed by atoms with Crippen LogP contribution >= 0.6 is 0 Å². The molecule has 0 radical (unpaired) electrons. The maximum Gasteiger partial charge on any atom is 0.405 e. The Morgan fingerprint density at radius 3 is 2.30 bits per heavy atom. The second kappa shape index (κ2) is 7.78. The van der Waals surface area contributed by atoms with Crippen molar-refractivity contribution in [2.45, 2.75) is 51.1 Å². The van der Waals surface area contributed by atoms with Gasteiger partial charge in [-0.05, 0) is 34.1 Å². The van der Waals surface area contributed by atoms with Gasteiger partial charge in [-0.3, -0.25) is 0 Å². The Morgan fingerprint density at radius 1 is 1.35 bits per heavy atom. The molecule has 0 saturated heterocycles. The predicted molar refractivity (Wildman–Crippen MR) is 71.3 cm³/mol. The van der Waals surface area contributed by atoms with Crippen LogP contribution in [0.3, 0.4) is 0 Å². The third-order valence-corrected chi connectivity index (χ3v) is 3.72. The number of esters is 1. The highest BCUT2D eigenvalue weighted by molar-refractivity contribution is 7.84. The summed E-state index contributed by atoms with van der Waals surface area (Å²) < 4.78 is 55.9. The highest BCUT2D eigenvalue weighted by Crippen LogP contribution is 2.24. The zero-order valence-corrected chi connectivity index (χ0v) is 12.7. The second-order valence-electron chi connectivity index (χ2n) is 4.98. The minimum absolute atomic E-state index is 0.151. The fourth-order valence-electron chi connectivity index (χ4n) is 1.05. The SMILES string of the molecule is CCOC(=O)/C=C/CC(NS(=O)C(C)(C)C)C(F)(F)F. The van der Waals surface area contributed by atoms with Crippen molar-refractivity contribution in [3.63, 3.8) is 0 Å². The standard InChI is InChI=1S/C12H20F3NO3S/c1-5-19-10(17)8-6-7-9(12(13,14)15)16-20(18)11(2,3)4/h6,8-9,16H,5,7H2,1-4H3/b8-6+. The van der Waals surface area contributed by atoms with E-state index in [1.165, 1.54) is 0 Å². The average Bonchev–Trinajstić information content (AvgIpc) is 2.25. The normalized spacial score (nSPS) is 16.1. The molecule has 0 saturated carbocycles. The average molecular weight is 315 g/mol. The van der Waals surface area contributed by atoms with Crippen LogP contribution in [0.15, 0.2) is 12.2 Å². The lowest BCUT2D eigenvalue weighted by Crippen LogP contribution is -2.47. The first-order chi connectivity index (χ1) is 8.98. The van der Waals surface area contributed by atoms with Crippen LogP contribution < -0.4 is 4.72 Å². The molecule has 0 aromatic rings. The highest BCUT2D eigenvalue weighted by atomic mass is 32.2. The first-order valence-corrected chi connectivity index (χ1v) is 7.21. The predicted octanol–water partition coefficient (Wildman–Crippen LogP) is 2.48. The maximum absolute atomic E-state index is 12.8. The molecule has 0 spiro atoms. The summed E-state index contributed by atoms with van der Waals surface area (Å²) in [4.78, 5) is 11.0. The van der Waals surface area contributed by atoms with E-state index < -0.39 is 40.3 Å². The lowest BCUT2D eigenvalue weighted by molar-refractivity contribution is -0.150. The van der Waals surface area contributed by atoms with E-state index in [0.29, 0.717) is 0 Å². The molecule has 0 heterocycles. The molecule has 0 aromatic heterocycles. The van der Waals surface area contributed by atoms with Crippen molar-refractivity contribution in [2.24, 2.45) is 0 Å². The van der Waals surface area contributed by atoms with Gasteiger partial charge in [-0.2, -0.15) is 13.2 Å². The van der Waals surface area contributed by atoms with Crippen LogP contribution in [0.5, 0.6) is 0 Å². The third-order valence-electron chi connectivity index (χ3n) is 2.11. The molecule has 0 aliphatic rings. The fraction of sp³-hybridized carbons (Fsp3) is 0.750. The zero-order valence-electron chi connectivity index (χ0n) is 11.9. The number of carbonyl (C=O) groups is 1. The molecule has 2 atom stereocenters. The van der Waals surface area contributed by atoms with E-state index in [2.05, 4.69) is 4.74 Å². The second-order valence-corrected chi connectivity index (χ2v) is 6.98. The van der Waals surface area contributed by atoms with Crippen LogP contribution in [0.2, 0.25) is 0 Å². The molecule has 0 aliphatic carbocycles. The van der Waals surface area contributed by atoms with E-state index in [9.17, 15) is 22.2 Å². The Labute approximate surface area is 119 Å². The summed E-state index contributed by atoms with van der Waals surface area (Å²) in [5, 5.41) is 0. The van der Waals surface area contributed by atoms with Gasteiger partial charge in [0.1, 0.15) is 6.04 Å². The molecule has 0 aliphatic heterocycles. The van der Waals surface area contributed by atoms with Gasteiger partial charge in [0.15, 0.2) is 0 Å². The Balaban J connectivity index is 4.69. The summed E-state index contributed by atoms with van der Waals surface area (Å²) in [6, 6.07) is -1.98. The van der Waals surface area contributed by atoms with Gasteiger partial charge in [0.25, 0.3) is 0 Å². The van der Waals surface area contributed by atoms with Gasteiger partial charge in [0.05, 0.1) is 22.3 Å². The Morgan fingerprint density at radius 2 is 1.90 bits per heavy atom. The molecular formula is C12H20F3NO3S. The number of alkyl halides is 3. The molecule has 20 heavy (non-hydrogen) atoms. The Hall–Kier alpha value is -0.890. The summed E-state index contributed by atoms with van der Waals surface area (Å²) in [6.07, 6.45) is -3.06. The van der Waals surface area contributed by atoms with Gasteiger partial charge in [0.2, 0.25) is 0 Å².